The molecule has 0 saturated heterocycles. The zero-order valence-electron chi connectivity index (χ0n) is 14.8. The number of benzene rings is 2. The van der Waals surface area contributed by atoms with Gasteiger partial charge in [0, 0.05) is 36.4 Å². The summed E-state index contributed by atoms with van der Waals surface area (Å²) >= 11 is 0. The number of nitrogens with zero attached hydrogens (tertiary/aromatic N) is 1. The third-order valence-corrected chi connectivity index (χ3v) is 4.35. The number of nitrogens with one attached hydrogen (secondary N) is 2. The Labute approximate surface area is 157 Å². The lowest BCUT2D eigenvalue weighted by Crippen LogP contribution is -2.30. The molecule has 3 amide bonds. The lowest BCUT2D eigenvalue weighted by molar-refractivity contribution is -0.137. The minimum Gasteiger partial charge on any atom is -0.481 e. The first kappa shape index (κ1) is 18.4. The third kappa shape index (κ3) is 4.63. The van der Waals surface area contributed by atoms with Crippen LogP contribution >= 0.6 is 0 Å². The van der Waals surface area contributed by atoms with Crippen molar-refractivity contribution in [2.75, 3.05) is 23.3 Å². The maximum absolute atomic E-state index is 12.9. The topological polar surface area (TPSA) is 98.7 Å². The summed E-state index contributed by atoms with van der Waals surface area (Å²) in [5.41, 5.74) is 3.08. The molecule has 2 aromatic rings. The zero-order chi connectivity index (χ0) is 19.2. The van der Waals surface area contributed by atoms with E-state index >= 15 is 0 Å². The molecular formula is C20H21N3O4. The number of rotatable bonds is 6. The van der Waals surface area contributed by atoms with Gasteiger partial charge >= 0.3 is 12.0 Å². The molecule has 0 atom stereocenters. The highest BCUT2D eigenvalue weighted by Crippen LogP contribution is 2.29. The average Bonchev–Trinajstić information content (AvgIpc) is 3.09. The van der Waals surface area contributed by atoms with E-state index in [1.165, 1.54) is 0 Å². The fourth-order valence-electron chi connectivity index (χ4n) is 3.05. The third-order valence-electron chi connectivity index (χ3n) is 4.35. The van der Waals surface area contributed by atoms with Gasteiger partial charge in [0.05, 0.1) is 0 Å². The summed E-state index contributed by atoms with van der Waals surface area (Å²) in [7, 11) is 0. The first-order valence-electron chi connectivity index (χ1n) is 8.81. The first-order valence-corrected chi connectivity index (χ1v) is 8.81. The van der Waals surface area contributed by atoms with Gasteiger partial charge < -0.3 is 20.6 Å². The lowest BCUT2D eigenvalue weighted by atomic mass is 10.1. The van der Waals surface area contributed by atoms with E-state index in [2.05, 4.69) is 10.6 Å². The Morgan fingerprint density at radius 2 is 1.89 bits per heavy atom. The van der Waals surface area contributed by atoms with Crippen LogP contribution in [0.5, 0.6) is 0 Å². The Morgan fingerprint density at radius 3 is 2.70 bits per heavy atom. The normalized spacial score (nSPS) is 12.4. The molecule has 1 aliphatic rings. The maximum atomic E-state index is 12.9. The van der Waals surface area contributed by atoms with Crippen LogP contribution < -0.4 is 15.5 Å². The molecule has 1 heterocycles. The Kier molecular flexibility index (Phi) is 5.71. The van der Waals surface area contributed by atoms with Crippen LogP contribution in [0.1, 0.15) is 28.8 Å². The van der Waals surface area contributed by atoms with Crippen LogP contribution in [0.25, 0.3) is 0 Å². The number of hydrogen-bond acceptors (Lipinski definition) is 3. The number of aliphatic carboxylic acids is 1. The molecule has 0 unspecified atom stereocenters. The summed E-state index contributed by atoms with van der Waals surface area (Å²) < 4.78 is 0. The van der Waals surface area contributed by atoms with Gasteiger partial charge in [0.2, 0.25) is 0 Å². The monoisotopic (exact) mass is 367 g/mol. The van der Waals surface area contributed by atoms with Crippen LogP contribution in [0.4, 0.5) is 16.2 Å². The summed E-state index contributed by atoms with van der Waals surface area (Å²) in [4.78, 5) is 37.0. The summed E-state index contributed by atoms with van der Waals surface area (Å²) in [6, 6.07) is 14.2. The first-order chi connectivity index (χ1) is 13.0. The molecule has 0 bridgehead atoms. The van der Waals surface area contributed by atoms with Crippen molar-refractivity contribution in [2.45, 2.75) is 19.3 Å². The number of para-hydroxylation sites is 1. The number of fused-ring (bicyclic) bond motifs is 1. The molecule has 0 aromatic heterocycles. The van der Waals surface area contributed by atoms with Crippen molar-refractivity contribution in [2.24, 2.45) is 0 Å². The molecule has 0 aliphatic carbocycles. The van der Waals surface area contributed by atoms with Crippen molar-refractivity contribution in [3.63, 3.8) is 0 Å². The quantitative estimate of drug-likeness (QED) is 0.684. The highest BCUT2D eigenvalue weighted by Gasteiger charge is 2.25. The van der Waals surface area contributed by atoms with E-state index < -0.39 is 12.0 Å². The number of carbonyl (C=O) groups excluding carboxylic acids is 2. The van der Waals surface area contributed by atoms with E-state index in [0.717, 1.165) is 17.7 Å². The van der Waals surface area contributed by atoms with Gasteiger partial charge in [-0.2, -0.15) is 0 Å². The molecule has 3 rings (SSSR count). The second-order valence-corrected chi connectivity index (χ2v) is 6.29. The molecule has 1 aliphatic heterocycles. The van der Waals surface area contributed by atoms with Gasteiger partial charge in [-0.15, -0.1) is 0 Å². The van der Waals surface area contributed by atoms with Gasteiger partial charge in [-0.25, -0.2) is 4.79 Å². The minimum absolute atomic E-state index is 0.00156. The molecule has 0 saturated carbocycles. The number of urea groups is 1. The van der Waals surface area contributed by atoms with Gasteiger partial charge in [0.25, 0.3) is 5.91 Å². The van der Waals surface area contributed by atoms with E-state index in [-0.39, 0.29) is 18.9 Å². The average molecular weight is 367 g/mol. The number of carboxylic acids is 1. The predicted molar refractivity (Wildman–Crippen MR) is 102 cm³/mol. The molecule has 0 radical (unpaired) electrons. The van der Waals surface area contributed by atoms with Crippen LogP contribution in [-0.4, -0.2) is 36.1 Å². The fourth-order valence-corrected chi connectivity index (χ4v) is 3.05. The molecule has 3 N–H and O–H groups in total. The van der Waals surface area contributed by atoms with Gasteiger partial charge in [0.1, 0.15) is 0 Å². The van der Waals surface area contributed by atoms with E-state index in [1.54, 1.807) is 29.2 Å². The van der Waals surface area contributed by atoms with Crippen LogP contribution in [-0.2, 0) is 11.2 Å². The predicted octanol–water partition coefficient (Wildman–Crippen LogP) is 2.88. The van der Waals surface area contributed by atoms with Gasteiger partial charge in [-0.05, 0) is 42.7 Å². The largest absolute Gasteiger partial charge is 0.481 e. The Hall–Kier alpha value is -3.35. The number of anilines is 2. The second-order valence-electron chi connectivity index (χ2n) is 6.29. The Balaban J connectivity index is 1.61. The van der Waals surface area contributed by atoms with Crippen molar-refractivity contribution >= 4 is 29.3 Å². The van der Waals surface area contributed by atoms with Crippen LogP contribution in [0.3, 0.4) is 0 Å². The number of carbonyl (C=O) groups is 3. The van der Waals surface area contributed by atoms with E-state index in [4.69, 9.17) is 5.11 Å². The summed E-state index contributed by atoms with van der Waals surface area (Å²) in [6.45, 7) is 0.904. The number of amides is 3. The molecule has 2 aromatic carbocycles. The van der Waals surface area contributed by atoms with Crippen molar-refractivity contribution in [1.82, 2.24) is 5.32 Å². The van der Waals surface area contributed by atoms with E-state index in [9.17, 15) is 14.4 Å². The Morgan fingerprint density at radius 1 is 1.07 bits per heavy atom. The van der Waals surface area contributed by atoms with Crippen LogP contribution in [0, 0.1) is 0 Å². The van der Waals surface area contributed by atoms with Gasteiger partial charge in [0.15, 0.2) is 0 Å². The fraction of sp³-hybridized carbons (Fsp3) is 0.250. The molecule has 7 nitrogen and oxygen atoms in total. The van der Waals surface area contributed by atoms with Crippen molar-refractivity contribution in [3.8, 4) is 0 Å². The standard InChI is InChI=1S/C20H21N3O4/c24-18(25)9-4-11-21-20(27)22-16-7-3-6-15(13-16)19(26)23-12-10-14-5-1-2-8-17(14)23/h1-3,5-8,13H,4,9-12H2,(H,24,25)(H2,21,22,27). The minimum atomic E-state index is -0.896. The second kappa shape index (κ2) is 8.35. The highest BCUT2D eigenvalue weighted by atomic mass is 16.4. The highest BCUT2D eigenvalue weighted by molar-refractivity contribution is 6.08. The molecule has 7 heteroatoms. The zero-order valence-corrected chi connectivity index (χ0v) is 14.8. The summed E-state index contributed by atoms with van der Waals surface area (Å²) in [5.74, 6) is -1.00. The number of carboxylic acid groups (broad SMARTS) is 1. The summed E-state index contributed by atoms with van der Waals surface area (Å²) in [6.07, 6.45) is 1.19. The lowest BCUT2D eigenvalue weighted by Gasteiger charge is -2.18. The molecule has 27 heavy (non-hydrogen) atoms. The number of hydrogen-bond donors (Lipinski definition) is 3. The van der Waals surface area contributed by atoms with Crippen LogP contribution in [0.15, 0.2) is 48.5 Å². The summed E-state index contributed by atoms with van der Waals surface area (Å²) in [5, 5.41) is 13.8. The van der Waals surface area contributed by atoms with E-state index in [0.29, 0.717) is 24.2 Å². The van der Waals surface area contributed by atoms with Crippen molar-refractivity contribution in [3.05, 3.63) is 59.7 Å². The van der Waals surface area contributed by atoms with Gasteiger partial charge in [-0.1, -0.05) is 24.3 Å². The molecule has 140 valence electrons. The molecule has 0 spiro atoms. The van der Waals surface area contributed by atoms with E-state index in [1.807, 2.05) is 24.3 Å². The van der Waals surface area contributed by atoms with Crippen LogP contribution in [0.2, 0.25) is 0 Å². The maximum Gasteiger partial charge on any atom is 0.319 e. The Bertz CT molecular complexity index is 866. The molecular weight excluding hydrogens is 346 g/mol. The smallest absolute Gasteiger partial charge is 0.319 e. The van der Waals surface area contributed by atoms with Crippen molar-refractivity contribution < 1.29 is 19.5 Å². The van der Waals surface area contributed by atoms with Gasteiger partial charge in [-0.3, -0.25) is 9.59 Å². The molecule has 0 fully saturated rings. The SMILES string of the molecule is O=C(O)CCCNC(=O)Nc1cccc(C(=O)N2CCc3ccccc32)c1. The van der Waals surface area contributed by atoms with Crippen molar-refractivity contribution in [1.29, 1.82) is 0 Å².